The van der Waals surface area contributed by atoms with Gasteiger partial charge in [0.15, 0.2) is 0 Å². The van der Waals surface area contributed by atoms with Crippen molar-refractivity contribution in [1.29, 1.82) is 0 Å². The van der Waals surface area contributed by atoms with Crippen LogP contribution in [0.2, 0.25) is 0 Å². The Bertz CT molecular complexity index is 303. The van der Waals surface area contributed by atoms with Gasteiger partial charge in [0, 0.05) is 12.4 Å². The summed E-state index contributed by atoms with van der Waals surface area (Å²) >= 11 is 0. The average molecular weight is 233 g/mol. The summed E-state index contributed by atoms with van der Waals surface area (Å²) in [7, 11) is 0. The van der Waals surface area contributed by atoms with Crippen LogP contribution in [-0.2, 0) is 6.42 Å². The molecule has 0 spiro atoms. The predicted molar refractivity (Wildman–Crippen MR) is 74.9 cm³/mol. The summed E-state index contributed by atoms with van der Waals surface area (Å²) in [6.45, 7) is 11.8. The quantitative estimate of drug-likeness (QED) is 0.701. The predicted octanol–water partition coefficient (Wildman–Crippen LogP) is 4.58. The van der Waals surface area contributed by atoms with Crippen LogP contribution in [0.25, 0.3) is 0 Å². The topological polar surface area (TPSA) is 12.9 Å². The summed E-state index contributed by atoms with van der Waals surface area (Å²) in [6.07, 6.45) is 6.29. The average Bonchev–Trinajstić information content (AvgIpc) is 2.29. The second-order valence-electron chi connectivity index (χ2n) is 5.78. The highest BCUT2D eigenvalue weighted by molar-refractivity contribution is 5.11. The largest absolute Gasteiger partial charge is 0.265 e. The lowest BCUT2D eigenvalue weighted by molar-refractivity contribution is 0.189. The normalized spacial score (nSPS) is 15.2. The van der Waals surface area contributed by atoms with Gasteiger partial charge in [-0.2, -0.15) is 0 Å². The molecule has 0 aromatic carbocycles. The fraction of sp³-hybridized carbons (Fsp3) is 0.688. The molecule has 0 aliphatic heterocycles. The van der Waals surface area contributed by atoms with E-state index in [1.54, 1.807) is 0 Å². The van der Waals surface area contributed by atoms with Gasteiger partial charge in [0.2, 0.25) is 0 Å². The van der Waals surface area contributed by atoms with Gasteiger partial charge in [-0.15, -0.1) is 0 Å². The zero-order chi connectivity index (χ0) is 12.8. The van der Waals surface area contributed by atoms with Gasteiger partial charge in [0.05, 0.1) is 0 Å². The summed E-state index contributed by atoms with van der Waals surface area (Å²) in [5, 5.41) is 0. The minimum Gasteiger partial charge on any atom is -0.265 e. The van der Waals surface area contributed by atoms with Crippen LogP contribution in [0.3, 0.4) is 0 Å². The molecule has 0 fully saturated rings. The van der Waals surface area contributed by atoms with Crippen molar-refractivity contribution in [2.45, 2.75) is 47.5 Å². The van der Waals surface area contributed by atoms with Crippen molar-refractivity contribution in [3.63, 3.8) is 0 Å². The lowest BCUT2D eigenvalue weighted by Crippen LogP contribution is -2.26. The van der Waals surface area contributed by atoms with Crippen LogP contribution in [0.15, 0.2) is 24.5 Å². The number of pyridine rings is 1. The van der Waals surface area contributed by atoms with E-state index in [1.165, 1.54) is 18.4 Å². The molecule has 1 rings (SSSR count). The van der Waals surface area contributed by atoms with E-state index >= 15 is 0 Å². The maximum absolute atomic E-state index is 4.10. The molecule has 0 radical (unpaired) electrons. The van der Waals surface area contributed by atoms with Crippen molar-refractivity contribution < 1.29 is 0 Å². The van der Waals surface area contributed by atoms with Crippen LogP contribution in [0, 0.1) is 23.7 Å². The van der Waals surface area contributed by atoms with Crippen molar-refractivity contribution in [3.8, 4) is 0 Å². The van der Waals surface area contributed by atoms with Crippen LogP contribution >= 0.6 is 0 Å². The lowest BCUT2D eigenvalue weighted by atomic mass is 9.73. The molecule has 17 heavy (non-hydrogen) atoms. The maximum Gasteiger partial charge on any atom is 0.0270 e. The van der Waals surface area contributed by atoms with Gasteiger partial charge in [-0.3, -0.25) is 4.98 Å². The first-order chi connectivity index (χ1) is 8.06. The maximum atomic E-state index is 4.10. The summed E-state index contributed by atoms with van der Waals surface area (Å²) in [6, 6.07) is 4.31. The van der Waals surface area contributed by atoms with Gasteiger partial charge in [-0.05, 0) is 47.8 Å². The molecule has 0 N–H and O–H groups in total. The fourth-order valence-electron chi connectivity index (χ4n) is 2.94. The molecular formula is C16H27N. The SMILES string of the molecule is CCC(C(C)C)C(Cc1ccncc1)C(C)C. The van der Waals surface area contributed by atoms with Gasteiger partial charge in [0.1, 0.15) is 0 Å². The van der Waals surface area contributed by atoms with Gasteiger partial charge >= 0.3 is 0 Å². The van der Waals surface area contributed by atoms with E-state index in [-0.39, 0.29) is 0 Å². The summed E-state index contributed by atoms with van der Waals surface area (Å²) in [5.41, 5.74) is 1.43. The third-order valence-electron chi connectivity index (χ3n) is 3.95. The van der Waals surface area contributed by atoms with Crippen molar-refractivity contribution >= 4 is 0 Å². The Balaban J connectivity index is 2.79. The van der Waals surface area contributed by atoms with Crippen molar-refractivity contribution in [3.05, 3.63) is 30.1 Å². The Kier molecular flexibility index (Phi) is 5.67. The highest BCUT2D eigenvalue weighted by atomic mass is 14.6. The van der Waals surface area contributed by atoms with Gasteiger partial charge in [0.25, 0.3) is 0 Å². The molecule has 0 saturated carbocycles. The number of hydrogen-bond donors (Lipinski definition) is 0. The Morgan fingerprint density at radius 1 is 0.941 bits per heavy atom. The van der Waals surface area contributed by atoms with E-state index in [2.05, 4.69) is 51.7 Å². The molecular weight excluding hydrogens is 206 g/mol. The van der Waals surface area contributed by atoms with E-state index in [1.807, 2.05) is 12.4 Å². The third kappa shape index (κ3) is 4.14. The van der Waals surface area contributed by atoms with Gasteiger partial charge in [-0.25, -0.2) is 0 Å². The number of aromatic nitrogens is 1. The molecule has 2 atom stereocenters. The summed E-state index contributed by atoms with van der Waals surface area (Å²) in [5.74, 6) is 3.12. The molecule has 96 valence electrons. The molecule has 0 bridgehead atoms. The zero-order valence-electron chi connectivity index (χ0n) is 12.0. The number of nitrogens with zero attached hydrogens (tertiary/aromatic N) is 1. The second-order valence-corrected chi connectivity index (χ2v) is 5.78. The van der Waals surface area contributed by atoms with Gasteiger partial charge < -0.3 is 0 Å². The van der Waals surface area contributed by atoms with E-state index in [0.29, 0.717) is 0 Å². The Hall–Kier alpha value is -0.850. The van der Waals surface area contributed by atoms with E-state index in [9.17, 15) is 0 Å². The lowest BCUT2D eigenvalue weighted by Gasteiger charge is -2.32. The fourth-order valence-corrected chi connectivity index (χ4v) is 2.94. The standard InChI is InChI=1S/C16H27N/c1-6-15(12(2)3)16(13(4)5)11-14-7-9-17-10-8-14/h7-10,12-13,15-16H,6,11H2,1-5H3. The molecule has 0 aliphatic rings. The first-order valence-corrected chi connectivity index (χ1v) is 6.95. The van der Waals surface area contributed by atoms with Crippen LogP contribution in [0.1, 0.15) is 46.6 Å². The molecule has 1 aromatic rings. The van der Waals surface area contributed by atoms with Crippen LogP contribution in [0.5, 0.6) is 0 Å². The number of hydrogen-bond acceptors (Lipinski definition) is 1. The van der Waals surface area contributed by atoms with E-state index in [0.717, 1.165) is 23.7 Å². The van der Waals surface area contributed by atoms with Crippen LogP contribution < -0.4 is 0 Å². The van der Waals surface area contributed by atoms with E-state index in [4.69, 9.17) is 0 Å². The van der Waals surface area contributed by atoms with Crippen LogP contribution in [-0.4, -0.2) is 4.98 Å². The Morgan fingerprint density at radius 3 is 1.88 bits per heavy atom. The molecule has 0 aliphatic carbocycles. The molecule has 1 nitrogen and oxygen atoms in total. The first kappa shape index (κ1) is 14.2. The van der Waals surface area contributed by atoms with Crippen molar-refractivity contribution in [2.75, 3.05) is 0 Å². The molecule has 1 heterocycles. The monoisotopic (exact) mass is 233 g/mol. The minimum atomic E-state index is 0.746. The van der Waals surface area contributed by atoms with Gasteiger partial charge in [-0.1, -0.05) is 41.0 Å². The van der Waals surface area contributed by atoms with E-state index < -0.39 is 0 Å². The molecule has 0 saturated heterocycles. The van der Waals surface area contributed by atoms with Crippen molar-refractivity contribution in [2.24, 2.45) is 23.7 Å². The first-order valence-electron chi connectivity index (χ1n) is 6.95. The Labute approximate surface area is 107 Å². The highest BCUT2D eigenvalue weighted by Gasteiger charge is 2.25. The summed E-state index contributed by atoms with van der Waals surface area (Å²) < 4.78 is 0. The smallest absolute Gasteiger partial charge is 0.0270 e. The third-order valence-corrected chi connectivity index (χ3v) is 3.95. The number of rotatable bonds is 6. The van der Waals surface area contributed by atoms with Crippen LogP contribution in [0.4, 0.5) is 0 Å². The molecule has 0 amide bonds. The highest BCUT2D eigenvalue weighted by Crippen LogP contribution is 2.32. The molecule has 2 unspecified atom stereocenters. The van der Waals surface area contributed by atoms with Crippen molar-refractivity contribution in [1.82, 2.24) is 4.98 Å². The zero-order valence-corrected chi connectivity index (χ0v) is 12.0. The molecule has 1 aromatic heterocycles. The minimum absolute atomic E-state index is 0.746. The Morgan fingerprint density at radius 2 is 1.47 bits per heavy atom. The second kappa shape index (κ2) is 6.78. The molecule has 1 heteroatoms. The summed E-state index contributed by atoms with van der Waals surface area (Å²) in [4.78, 5) is 4.10.